The standard InChI is InChI=1S/C21H20BrN5O3S/c1-13(27-16-8-3-4-9-17(16)30-11-19(27)29)20-24-25-21(26(20)2)31-12-18(28)23-15-7-5-6-14(22)10-15/h3-10,13H,11-12H2,1-2H3,(H,23,28)/t13-/m0/s1. The van der Waals surface area contributed by atoms with E-state index >= 15 is 0 Å². The van der Waals surface area contributed by atoms with Crippen molar-refractivity contribution in [2.45, 2.75) is 18.1 Å². The number of fused-ring (bicyclic) bond motifs is 1. The summed E-state index contributed by atoms with van der Waals surface area (Å²) in [5.41, 5.74) is 1.42. The largest absolute Gasteiger partial charge is 0.482 e. The highest BCUT2D eigenvalue weighted by Gasteiger charge is 2.32. The first kappa shape index (κ1) is 21.4. The topological polar surface area (TPSA) is 89.4 Å². The molecule has 2 amide bonds. The van der Waals surface area contributed by atoms with Gasteiger partial charge in [0.2, 0.25) is 5.91 Å². The molecule has 0 fully saturated rings. The number of carbonyl (C=O) groups excluding carboxylic acids is 2. The Hall–Kier alpha value is -2.85. The predicted molar refractivity (Wildman–Crippen MR) is 122 cm³/mol. The minimum absolute atomic E-state index is 0.0173. The van der Waals surface area contributed by atoms with Gasteiger partial charge in [-0.3, -0.25) is 14.5 Å². The van der Waals surface area contributed by atoms with Gasteiger partial charge in [-0.2, -0.15) is 0 Å². The molecule has 31 heavy (non-hydrogen) atoms. The van der Waals surface area contributed by atoms with E-state index < -0.39 is 0 Å². The van der Waals surface area contributed by atoms with Crippen molar-refractivity contribution in [3.8, 4) is 5.75 Å². The molecule has 1 aromatic heterocycles. The van der Waals surface area contributed by atoms with Gasteiger partial charge in [0.1, 0.15) is 5.75 Å². The van der Waals surface area contributed by atoms with Crippen LogP contribution in [-0.4, -0.2) is 38.9 Å². The van der Waals surface area contributed by atoms with Crippen molar-refractivity contribution in [3.05, 3.63) is 58.8 Å². The Morgan fingerprint density at radius 2 is 2.06 bits per heavy atom. The fourth-order valence-electron chi connectivity index (χ4n) is 3.37. The molecule has 0 radical (unpaired) electrons. The molecule has 3 aromatic rings. The van der Waals surface area contributed by atoms with Crippen LogP contribution in [0.4, 0.5) is 11.4 Å². The summed E-state index contributed by atoms with van der Waals surface area (Å²) in [4.78, 5) is 26.6. The molecular formula is C21H20BrN5O3S. The summed E-state index contributed by atoms with van der Waals surface area (Å²) < 4.78 is 8.23. The summed E-state index contributed by atoms with van der Waals surface area (Å²) in [5, 5.41) is 12.0. The van der Waals surface area contributed by atoms with Crippen molar-refractivity contribution in [1.29, 1.82) is 0 Å². The smallest absolute Gasteiger partial charge is 0.265 e. The Kier molecular flexibility index (Phi) is 6.28. The fraction of sp³-hybridized carbons (Fsp3) is 0.238. The number of hydrogen-bond donors (Lipinski definition) is 1. The van der Waals surface area contributed by atoms with Crippen molar-refractivity contribution >= 4 is 50.9 Å². The van der Waals surface area contributed by atoms with E-state index in [1.807, 2.05) is 67.1 Å². The highest BCUT2D eigenvalue weighted by Crippen LogP contribution is 2.37. The molecule has 0 saturated heterocycles. The van der Waals surface area contributed by atoms with Gasteiger partial charge in [0.25, 0.3) is 5.91 Å². The monoisotopic (exact) mass is 501 g/mol. The van der Waals surface area contributed by atoms with Gasteiger partial charge >= 0.3 is 0 Å². The summed E-state index contributed by atoms with van der Waals surface area (Å²) in [7, 11) is 1.83. The number of nitrogens with one attached hydrogen (secondary N) is 1. The quantitative estimate of drug-likeness (QED) is 0.516. The molecule has 0 bridgehead atoms. The first-order valence-corrected chi connectivity index (χ1v) is 11.3. The number of nitrogens with zero attached hydrogens (tertiary/aromatic N) is 4. The van der Waals surface area contributed by atoms with Gasteiger partial charge in [-0.05, 0) is 37.3 Å². The van der Waals surface area contributed by atoms with Gasteiger partial charge < -0.3 is 14.6 Å². The molecule has 0 saturated carbocycles. The van der Waals surface area contributed by atoms with Crippen molar-refractivity contribution in [2.24, 2.45) is 7.05 Å². The van der Waals surface area contributed by atoms with E-state index in [1.165, 1.54) is 11.8 Å². The molecule has 0 aliphatic carbocycles. The molecule has 1 N–H and O–H groups in total. The lowest BCUT2D eigenvalue weighted by Gasteiger charge is -2.33. The van der Waals surface area contributed by atoms with Crippen LogP contribution < -0.4 is 15.0 Å². The van der Waals surface area contributed by atoms with Gasteiger partial charge in [-0.1, -0.05) is 45.9 Å². The van der Waals surface area contributed by atoms with Crippen LogP contribution in [0.25, 0.3) is 0 Å². The summed E-state index contributed by atoms with van der Waals surface area (Å²) in [5.74, 6) is 1.19. The maximum atomic E-state index is 12.6. The number of para-hydroxylation sites is 2. The van der Waals surface area contributed by atoms with Crippen molar-refractivity contribution in [1.82, 2.24) is 14.8 Å². The number of aromatic nitrogens is 3. The van der Waals surface area contributed by atoms with E-state index in [1.54, 1.807) is 4.90 Å². The second-order valence-corrected chi connectivity index (χ2v) is 8.80. The average molecular weight is 502 g/mol. The lowest BCUT2D eigenvalue weighted by molar-refractivity contribution is -0.121. The summed E-state index contributed by atoms with van der Waals surface area (Å²) in [6.07, 6.45) is 0. The maximum absolute atomic E-state index is 12.6. The van der Waals surface area contributed by atoms with Crippen LogP contribution in [0.2, 0.25) is 0 Å². The molecular weight excluding hydrogens is 482 g/mol. The van der Waals surface area contributed by atoms with Crippen LogP contribution in [0, 0.1) is 0 Å². The van der Waals surface area contributed by atoms with Crippen LogP contribution in [0.3, 0.4) is 0 Å². The molecule has 0 spiro atoms. The number of carbonyl (C=O) groups is 2. The van der Waals surface area contributed by atoms with Gasteiger partial charge in [-0.15, -0.1) is 10.2 Å². The Labute approximate surface area is 192 Å². The lowest BCUT2D eigenvalue weighted by Crippen LogP contribution is -2.41. The number of rotatable bonds is 6. The number of thioether (sulfide) groups is 1. The fourth-order valence-corrected chi connectivity index (χ4v) is 4.49. The van der Waals surface area contributed by atoms with Gasteiger partial charge in [0.05, 0.1) is 17.5 Å². The Bertz CT molecular complexity index is 1140. The minimum Gasteiger partial charge on any atom is -0.482 e. The molecule has 8 nitrogen and oxygen atoms in total. The molecule has 1 aliphatic heterocycles. The molecule has 2 aromatic carbocycles. The third-order valence-electron chi connectivity index (χ3n) is 4.81. The first-order chi connectivity index (χ1) is 14.9. The van der Waals surface area contributed by atoms with Crippen LogP contribution >= 0.6 is 27.7 Å². The third-order valence-corrected chi connectivity index (χ3v) is 6.33. The van der Waals surface area contributed by atoms with E-state index in [4.69, 9.17) is 4.74 Å². The number of anilines is 2. The molecule has 2 heterocycles. The van der Waals surface area contributed by atoms with Crippen molar-refractivity contribution < 1.29 is 14.3 Å². The lowest BCUT2D eigenvalue weighted by atomic mass is 10.1. The van der Waals surface area contributed by atoms with Crippen molar-refractivity contribution in [2.75, 3.05) is 22.6 Å². The van der Waals surface area contributed by atoms with Crippen LogP contribution in [0.15, 0.2) is 58.2 Å². The third kappa shape index (κ3) is 4.59. The molecule has 4 rings (SSSR count). The Morgan fingerprint density at radius 1 is 1.26 bits per heavy atom. The van der Waals surface area contributed by atoms with E-state index in [0.717, 1.165) is 10.2 Å². The molecule has 1 atom stereocenters. The highest BCUT2D eigenvalue weighted by molar-refractivity contribution is 9.10. The van der Waals surface area contributed by atoms with Gasteiger partial charge in [0.15, 0.2) is 17.6 Å². The Balaban J connectivity index is 1.46. The predicted octanol–water partition coefficient (Wildman–Crippen LogP) is 3.80. The zero-order chi connectivity index (χ0) is 22.0. The number of hydrogen-bond acceptors (Lipinski definition) is 6. The normalized spacial score (nSPS) is 14.0. The highest BCUT2D eigenvalue weighted by atomic mass is 79.9. The SMILES string of the molecule is C[C@@H](c1nnc(SCC(=O)Nc2cccc(Br)c2)n1C)N1C(=O)COc2ccccc21. The average Bonchev–Trinajstić information content (AvgIpc) is 3.12. The summed E-state index contributed by atoms with van der Waals surface area (Å²) >= 11 is 4.67. The van der Waals surface area contributed by atoms with Crippen LogP contribution in [0.5, 0.6) is 5.75 Å². The van der Waals surface area contributed by atoms with E-state index in [0.29, 0.717) is 22.4 Å². The van der Waals surface area contributed by atoms with E-state index in [9.17, 15) is 9.59 Å². The number of benzene rings is 2. The summed E-state index contributed by atoms with van der Waals surface area (Å²) in [6, 6.07) is 14.5. The minimum atomic E-state index is -0.347. The Morgan fingerprint density at radius 3 is 2.87 bits per heavy atom. The molecule has 160 valence electrons. The van der Waals surface area contributed by atoms with Gasteiger partial charge in [0, 0.05) is 17.2 Å². The summed E-state index contributed by atoms with van der Waals surface area (Å²) in [6.45, 7) is 1.88. The number of amides is 2. The van der Waals surface area contributed by atoms with Crippen molar-refractivity contribution in [3.63, 3.8) is 0 Å². The molecule has 0 unspecified atom stereocenters. The zero-order valence-electron chi connectivity index (χ0n) is 16.9. The van der Waals surface area contributed by atoms with E-state index in [-0.39, 0.29) is 30.2 Å². The molecule has 1 aliphatic rings. The molecule has 10 heteroatoms. The second kappa shape index (κ2) is 9.11. The number of ether oxygens (including phenoxy) is 1. The maximum Gasteiger partial charge on any atom is 0.265 e. The van der Waals surface area contributed by atoms with Gasteiger partial charge in [-0.25, -0.2) is 0 Å². The van der Waals surface area contributed by atoms with E-state index in [2.05, 4.69) is 31.4 Å². The zero-order valence-corrected chi connectivity index (χ0v) is 19.3. The first-order valence-electron chi connectivity index (χ1n) is 9.55. The number of halogens is 1. The second-order valence-electron chi connectivity index (χ2n) is 6.94. The van der Waals surface area contributed by atoms with Crippen LogP contribution in [-0.2, 0) is 16.6 Å². The van der Waals surface area contributed by atoms with Crippen LogP contribution in [0.1, 0.15) is 18.8 Å².